The van der Waals surface area contributed by atoms with E-state index < -0.39 is 0 Å². The number of aryl methyl sites for hydroxylation is 1. The van der Waals surface area contributed by atoms with Crippen LogP contribution in [0.1, 0.15) is 17.0 Å². The van der Waals surface area contributed by atoms with Crippen LogP contribution in [0.2, 0.25) is 5.02 Å². The van der Waals surface area contributed by atoms with E-state index in [9.17, 15) is 10.1 Å². The molecule has 1 aromatic heterocycles. The number of rotatable bonds is 6. The van der Waals surface area contributed by atoms with Crippen molar-refractivity contribution in [3.05, 3.63) is 88.7 Å². The third-order valence-electron chi connectivity index (χ3n) is 4.70. The van der Waals surface area contributed by atoms with Crippen LogP contribution in [0.3, 0.4) is 0 Å². The molecule has 1 heterocycles. The number of aromatic nitrogens is 2. The summed E-state index contributed by atoms with van der Waals surface area (Å²) in [6, 6.07) is 22.2. The van der Waals surface area contributed by atoms with Crippen LogP contribution in [0, 0.1) is 18.3 Å². The van der Waals surface area contributed by atoms with Crippen LogP contribution in [-0.4, -0.2) is 22.5 Å². The molecule has 4 rings (SSSR count). The second kappa shape index (κ2) is 9.38. The fraction of sp³-hybridized carbons (Fsp3) is 0.0800. The Labute approximate surface area is 190 Å². The molecule has 32 heavy (non-hydrogen) atoms. The van der Waals surface area contributed by atoms with Gasteiger partial charge in [-0.05, 0) is 61.0 Å². The van der Waals surface area contributed by atoms with Crippen molar-refractivity contribution in [1.29, 1.82) is 5.26 Å². The van der Waals surface area contributed by atoms with Crippen LogP contribution in [0.25, 0.3) is 22.7 Å². The number of halogens is 1. The SMILES string of the molecule is Cc1cccc(NC(=O)COc2ccc(Cl)cc2/C=C(\C#N)c2nc3ccccc3[nH]2)c1. The molecule has 6 nitrogen and oxygen atoms in total. The number of para-hydroxylation sites is 2. The number of nitrogens with zero attached hydrogens (tertiary/aromatic N) is 2. The molecule has 0 aliphatic rings. The van der Waals surface area contributed by atoms with Crippen LogP contribution in [0.4, 0.5) is 5.69 Å². The highest BCUT2D eigenvalue weighted by atomic mass is 35.5. The lowest BCUT2D eigenvalue weighted by atomic mass is 10.1. The van der Waals surface area contributed by atoms with Gasteiger partial charge < -0.3 is 15.0 Å². The minimum atomic E-state index is -0.293. The van der Waals surface area contributed by atoms with Crippen LogP contribution in [0.15, 0.2) is 66.7 Å². The summed E-state index contributed by atoms with van der Waals surface area (Å²) in [4.78, 5) is 19.9. The second-order valence-corrected chi connectivity index (χ2v) is 7.60. The molecule has 0 aliphatic carbocycles. The minimum absolute atomic E-state index is 0.192. The number of hydrogen-bond donors (Lipinski definition) is 2. The molecule has 7 heteroatoms. The summed E-state index contributed by atoms with van der Waals surface area (Å²) in [5, 5.41) is 13.0. The summed E-state index contributed by atoms with van der Waals surface area (Å²) < 4.78 is 5.74. The first-order chi connectivity index (χ1) is 15.5. The molecule has 0 radical (unpaired) electrons. The van der Waals surface area contributed by atoms with Gasteiger partial charge in [0.2, 0.25) is 0 Å². The van der Waals surface area contributed by atoms with Crippen molar-refractivity contribution >= 4 is 45.9 Å². The fourth-order valence-electron chi connectivity index (χ4n) is 3.22. The number of benzene rings is 3. The summed E-state index contributed by atoms with van der Waals surface area (Å²) in [6.07, 6.45) is 1.64. The van der Waals surface area contributed by atoms with Gasteiger partial charge >= 0.3 is 0 Å². The summed E-state index contributed by atoms with van der Waals surface area (Å²) in [6.45, 7) is 1.76. The Balaban J connectivity index is 1.56. The van der Waals surface area contributed by atoms with Crippen LogP contribution < -0.4 is 10.1 Å². The molecule has 158 valence electrons. The number of aromatic amines is 1. The number of allylic oxidation sites excluding steroid dienone is 1. The molecule has 0 unspecified atom stereocenters. The van der Waals surface area contributed by atoms with Gasteiger partial charge in [-0.25, -0.2) is 4.98 Å². The monoisotopic (exact) mass is 442 g/mol. The first-order valence-corrected chi connectivity index (χ1v) is 10.3. The zero-order valence-corrected chi connectivity index (χ0v) is 18.0. The Morgan fingerprint density at radius 1 is 1.19 bits per heavy atom. The van der Waals surface area contributed by atoms with Crippen molar-refractivity contribution < 1.29 is 9.53 Å². The average molecular weight is 443 g/mol. The van der Waals surface area contributed by atoms with Gasteiger partial charge in [-0.1, -0.05) is 35.9 Å². The van der Waals surface area contributed by atoms with Crippen molar-refractivity contribution in [3.8, 4) is 11.8 Å². The molecule has 0 saturated heterocycles. The smallest absolute Gasteiger partial charge is 0.262 e. The van der Waals surface area contributed by atoms with E-state index in [-0.39, 0.29) is 12.5 Å². The first kappa shape index (κ1) is 21.2. The number of hydrogen-bond acceptors (Lipinski definition) is 4. The lowest BCUT2D eigenvalue weighted by Gasteiger charge is -2.11. The Kier molecular flexibility index (Phi) is 6.20. The van der Waals surface area contributed by atoms with E-state index in [2.05, 4.69) is 21.4 Å². The van der Waals surface area contributed by atoms with Gasteiger partial charge in [-0.15, -0.1) is 0 Å². The minimum Gasteiger partial charge on any atom is -0.483 e. The van der Waals surface area contributed by atoms with E-state index >= 15 is 0 Å². The maximum absolute atomic E-state index is 12.3. The number of nitrogens with one attached hydrogen (secondary N) is 2. The number of amides is 1. The number of nitriles is 1. The maximum Gasteiger partial charge on any atom is 0.262 e. The molecule has 1 amide bonds. The fourth-order valence-corrected chi connectivity index (χ4v) is 3.40. The highest BCUT2D eigenvalue weighted by Gasteiger charge is 2.12. The zero-order valence-electron chi connectivity index (χ0n) is 17.2. The highest BCUT2D eigenvalue weighted by molar-refractivity contribution is 6.30. The largest absolute Gasteiger partial charge is 0.483 e. The number of anilines is 1. The molecule has 2 N–H and O–H groups in total. The number of H-pyrrole nitrogens is 1. The van der Waals surface area contributed by atoms with Gasteiger partial charge in [0.05, 0.1) is 16.6 Å². The lowest BCUT2D eigenvalue weighted by Crippen LogP contribution is -2.20. The molecule has 0 bridgehead atoms. The average Bonchev–Trinajstić information content (AvgIpc) is 3.21. The molecular formula is C25H19ClN4O2. The first-order valence-electron chi connectivity index (χ1n) is 9.87. The maximum atomic E-state index is 12.3. The summed E-state index contributed by atoms with van der Waals surface area (Å²) in [5.41, 5.74) is 4.23. The van der Waals surface area contributed by atoms with Crippen molar-refractivity contribution in [1.82, 2.24) is 9.97 Å². The third-order valence-corrected chi connectivity index (χ3v) is 4.93. The Morgan fingerprint density at radius 3 is 2.81 bits per heavy atom. The topological polar surface area (TPSA) is 90.8 Å². The van der Waals surface area contributed by atoms with E-state index in [1.807, 2.05) is 55.5 Å². The molecule has 0 aliphatic heterocycles. The van der Waals surface area contributed by atoms with Crippen molar-refractivity contribution in [2.75, 3.05) is 11.9 Å². The standard InChI is InChI=1S/C25H19ClN4O2/c1-16-5-4-6-20(11-16)28-24(31)15-32-23-10-9-19(26)13-17(23)12-18(14-27)25-29-21-7-2-3-8-22(21)30-25/h2-13H,15H2,1H3,(H,28,31)(H,29,30)/b18-12+. The molecular weight excluding hydrogens is 424 g/mol. The van der Waals surface area contributed by atoms with Crippen molar-refractivity contribution in [2.45, 2.75) is 6.92 Å². The third kappa shape index (κ3) is 4.97. The summed E-state index contributed by atoms with van der Waals surface area (Å²) >= 11 is 6.17. The van der Waals surface area contributed by atoms with Gasteiger partial charge in [-0.3, -0.25) is 4.79 Å². The lowest BCUT2D eigenvalue weighted by molar-refractivity contribution is -0.118. The van der Waals surface area contributed by atoms with E-state index in [4.69, 9.17) is 16.3 Å². The molecule has 0 fully saturated rings. The number of carbonyl (C=O) groups excluding carboxylic acids is 1. The van der Waals surface area contributed by atoms with Crippen molar-refractivity contribution in [3.63, 3.8) is 0 Å². The van der Waals surface area contributed by atoms with Crippen LogP contribution in [-0.2, 0) is 4.79 Å². The van der Waals surface area contributed by atoms with Crippen LogP contribution >= 0.6 is 11.6 Å². The van der Waals surface area contributed by atoms with E-state index in [0.29, 0.717) is 33.4 Å². The number of fused-ring (bicyclic) bond motifs is 1. The van der Waals surface area contributed by atoms with Gasteiger partial charge in [0.1, 0.15) is 17.6 Å². The Bertz CT molecular complexity index is 1330. The zero-order chi connectivity index (χ0) is 22.5. The van der Waals surface area contributed by atoms with E-state index in [1.165, 1.54) is 0 Å². The van der Waals surface area contributed by atoms with Gasteiger partial charge in [-0.2, -0.15) is 5.26 Å². The normalized spacial score (nSPS) is 11.2. The summed E-state index contributed by atoms with van der Waals surface area (Å²) in [7, 11) is 0. The van der Waals surface area contributed by atoms with E-state index in [1.54, 1.807) is 24.3 Å². The predicted octanol–water partition coefficient (Wildman–Crippen LogP) is 5.61. The van der Waals surface area contributed by atoms with Gasteiger partial charge in [0.25, 0.3) is 5.91 Å². The molecule has 4 aromatic rings. The van der Waals surface area contributed by atoms with Crippen LogP contribution in [0.5, 0.6) is 5.75 Å². The van der Waals surface area contributed by atoms with Crippen molar-refractivity contribution in [2.24, 2.45) is 0 Å². The summed E-state index contributed by atoms with van der Waals surface area (Å²) in [5.74, 6) is 0.577. The van der Waals surface area contributed by atoms with Gasteiger partial charge in [0.15, 0.2) is 6.61 Å². The molecule has 0 atom stereocenters. The number of ether oxygens (including phenoxy) is 1. The number of carbonyl (C=O) groups is 1. The van der Waals surface area contributed by atoms with Gasteiger partial charge in [0, 0.05) is 16.3 Å². The molecule has 0 saturated carbocycles. The quantitative estimate of drug-likeness (QED) is 0.380. The second-order valence-electron chi connectivity index (χ2n) is 7.16. The predicted molar refractivity (Wildman–Crippen MR) is 126 cm³/mol. The number of imidazole rings is 1. The van der Waals surface area contributed by atoms with E-state index in [0.717, 1.165) is 16.6 Å². The highest BCUT2D eigenvalue weighted by Crippen LogP contribution is 2.28. The molecule has 3 aromatic carbocycles. The molecule has 0 spiro atoms. The Morgan fingerprint density at radius 2 is 2.03 bits per heavy atom. The Hall–Kier alpha value is -4.08.